The molecule has 5 nitrogen and oxygen atoms in total. The average Bonchev–Trinajstić information content (AvgIpc) is 2.39. The lowest BCUT2D eigenvalue weighted by Gasteiger charge is -2.39. The van der Waals surface area contributed by atoms with Crippen LogP contribution < -0.4 is 4.90 Å². The van der Waals surface area contributed by atoms with E-state index >= 15 is 0 Å². The second-order valence-electron chi connectivity index (χ2n) is 4.12. The predicted octanol–water partition coefficient (Wildman–Crippen LogP) is 0.539. The predicted molar refractivity (Wildman–Crippen MR) is 62.6 cm³/mol. The number of hydrogen-bond acceptors (Lipinski definition) is 5. The fraction of sp³-hybridized carbons (Fsp3) is 0.500. The summed E-state index contributed by atoms with van der Waals surface area (Å²) in [6.07, 6.45) is 1.41. The van der Waals surface area contributed by atoms with Gasteiger partial charge < -0.3 is 14.7 Å². The van der Waals surface area contributed by atoms with E-state index in [1.165, 1.54) is 0 Å². The van der Waals surface area contributed by atoms with Crippen molar-refractivity contribution in [2.45, 2.75) is 19.1 Å². The molecule has 0 amide bonds. The average molecular weight is 233 g/mol. The number of aliphatic hydroxyl groups is 1. The largest absolute Gasteiger partial charge is 0.394 e. The SMILES string of the molecule is CC1COC(CO)CN1c1cccnc1C#N. The molecule has 1 fully saturated rings. The number of morpholine rings is 1. The lowest BCUT2D eigenvalue weighted by atomic mass is 10.1. The van der Waals surface area contributed by atoms with Crippen LogP contribution in [0.2, 0.25) is 0 Å². The van der Waals surface area contributed by atoms with E-state index in [2.05, 4.69) is 16.0 Å². The zero-order chi connectivity index (χ0) is 12.3. The zero-order valence-corrected chi connectivity index (χ0v) is 9.71. The first kappa shape index (κ1) is 11.8. The number of hydrogen-bond donors (Lipinski definition) is 1. The zero-order valence-electron chi connectivity index (χ0n) is 9.71. The maximum atomic E-state index is 9.14. The molecule has 0 aliphatic carbocycles. The third kappa shape index (κ3) is 2.38. The Morgan fingerprint density at radius 2 is 2.53 bits per heavy atom. The molecule has 2 atom stereocenters. The van der Waals surface area contributed by atoms with Crippen LogP contribution in [0.3, 0.4) is 0 Å². The topological polar surface area (TPSA) is 69.4 Å². The fourth-order valence-electron chi connectivity index (χ4n) is 1.98. The molecule has 1 aromatic heterocycles. The summed E-state index contributed by atoms with van der Waals surface area (Å²) in [6.45, 7) is 3.15. The summed E-state index contributed by atoms with van der Waals surface area (Å²) in [5.74, 6) is 0. The molecule has 2 unspecified atom stereocenters. The lowest BCUT2D eigenvalue weighted by molar-refractivity contribution is -0.0103. The van der Waals surface area contributed by atoms with Crippen LogP contribution in [0.1, 0.15) is 12.6 Å². The van der Waals surface area contributed by atoms with Crippen molar-refractivity contribution >= 4 is 5.69 Å². The third-order valence-electron chi connectivity index (χ3n) is 2.91. The van der Waals surface area contributed by atoms with Crippen molar-refractivity contribution in [2.24, 2.45) is 0 Å². The van der Waals surface area contributed by atoms with Crippen LogP contribution in [-0.2, 0) is 4.74 Å². The number of rotatable bonds is 2. The number of nitrogens with zero attached hydrogens (tertiary/aromatic N) is 3. The number of pyridine rings is 1. The standard InChI is InChI=1S/C12H15N3O2/c1-9-8-17-10(7-16)6-15(9)12-3-2-4-14-11(12)5-13/h2-4,9-10,16H,6-8H2,1H3. The number of aliphatic hydroxyl groups excluding tert-OH is 1. The van der Waals surface area contributed by atoms with Gasteiger partial charge in [-0.2, -0.15) is 5.26 Å². The molecule has 2 heterocycles. The second kappa shape index (κ2) is 5.13. The van der Waals surface area contributed by atoms with E-state index in [1.807, 2.05) is 19.1 Å². The van der Waals surface area contributed by atoms with Crippen molar-refractivity contribution in [3.8, 4) is 6.07 Å². The summed E-state index contributed by atoms with van der Waals surface area (Å²) in [7, 11) is 0. The van der Waals surface area contributed by atoms with Gasteiger partial charge in [0.05, 0.1) is 25.0 Å². The first-order valence-corrected chi connectivity index (χ1v) is 5.60. The first-order chi connectivity index (χ1) is 8.26. The molecule has 1 aliphatic rings. The Hall–Kier alpha value is -1.64. The van der Waals surface area contributed by atoms with Crippen molar-refractivity contribution in [1.82, 2.24) is 4.98 Å². The highest BCUT2D eigenvalue weighted by Crippen LogP contribution is 2.23. The first-order valence-electron chi connectivity index (χ1n) is 5.60. The van der Waals surface area contributed by atoms with E-state index in [0.29, 0.717) is 18.8 Å². The van der Waals surface area contributed by atoms with Crippen LogP contribution in [0.4, 0.5) is 5.69 Å². The van der Waals surface area contributed by atoms with Crippen LogP contribution in [-0.4, -0.2) is 42.0 Å². The molecule has 2 rings (SSSR count). The summed E-state index contributed by atoms with van der Waals surface area (Å²) >= 11 is 0. The maximum absolute atomic E-state index is 9.14. The Bertz CT molecular complexity index is 430. The molecule has 1 aromatic rings. The molecular weight excluding hydrogens is 218 g/mol. The number of anilines is 1. The maximum Gasteiger partial charge on any atom is 0.163 e. The molecule has 90 valence electrons. The van der Waals surface area contributed by atoms with E-state index < -0.39 is 0 Å². The Kier molecular flexibility index (Phi) is 3.57. The van der Waals surface area contributed by atoms with Gasteiger partial charge in [0.15, 0.2) is 5.69 Å². The minimum Gasteiger partial charge on any atom is -0.394 e. The van der Waals surface area contributed by atoms with Crippen LogP contribution in [0, 0.1) is 11.3 Å². The summed E-state index contributed by atoms with van der Waals surface area (Å²) in [4.78, 5) is 6.12. The van der Waals surface area contributed by atoms with Crippen LogP contribution in [0.15, 0.2) is 18.3 Å². The van der Waals surface area contributed by atoms with Gasteiger partial charge in [-0.15, -0.1) is 0 Å². The van der Waals surface area contributed by atoms with E-state index in [0.717, 1.165) is 5.69 Å². The molecule has 17 heavy (non-hydrogen) atoms. The molecule has 1 aliphatic heterocycles. The van der Waals surface area contributed by atoms with Gasteiger partial charge in [-0.05, 0) is 19.1 Å². The molecule has 1 N–H and O–H groups in total. The highest BCUT2D eigenvalue weighted by atomic mass is 16.5. The van der Waals surface area contributed by atoms with Gasteiger partial charge in [0.25, 0.3) is 0 Å². The second-order valence-corrected chi connectivity index (χ2v) is 4.12. The van der Waals surface area contributed by atoms with Gasteiger partial charge in [-0.25, -0.2) is 4.98 Å². The Morgan fingerprint density at radius 3 is 3.24 bits per heavy atom. The minimum atomic E-state index is -0.196. The summed E-state index contributed by atoms with van der Waals surface area (Å²) < 4.78 is 5.47. The number of aromatic nitrogens is 1. The van der Waals surface area contributed by atoms with E-state index in [1.54, 1.807) is 6.20 Å². The fourth-order valence-corrected chi connectivity index (χ4v) is 1.98. The quantitative estimate of drug-likeness (QED) is 0.807. The van der Waals surface area contributed by atoms with Gasteiger partial charge in [-0.1, -0.05) is 0 Å². The summed E-state index contributed by atoms with van der Waals surface area (Å²) in [5, 5.41) is 18.2. The summed E-state index contributed by atoms with van der Waals surface area (Å²) in [6, 6.07) is 5.95. The highest BCUT2D eigenvalue weighted by Gasteiger charge is 2.27. The smallest absolute Gasteiger partial charge is 0.163 e. The van der Waals surface area contributed by atoms with Crippen molar-refractivity contribution < 1.29 is 9.84 Å². The molecule has 0 aromatic carbocycles. The Morgan fingerprint density at radius 1 is 1.71 bits per heavy atom. The lowest BCUT2D eigenvalue weighted by Crippen LogP contribution is -2.49. The van der Waals surface area contributed by atoms with E-state index in [9.17, 15) is 0 Å². The minimum absolute atomic E-state index is 0.00856. The monoisotopic (exact) mass is 233 g/mol. The molecular formula is C12H15N3O2. The molecule has 0 spiro atoms. The van der Waals surface area contributed by atoms with Crippen LogP contribution in [0.5, 0.6) is 0 Å². The van der Waals surface area contributed by atoms with Crippen molar-refractivity contribution in [3.63, 3.8) is 0 Å². The third-order valence-corrected chi connectivity index (χ3v) is 2.91. The van der Waals surface area contributed by atoms with Gasteiger partial charge in [-0.3, -0.25) is 0 Å². The van der Waals surface area contributed by atoms with Crippen molar-refractivity contribution in [3.05, 3.63) is 24.0 Å². The number of nitriles is 1. The molecule has 0 saturated carbocycles. The molecule has 1 saturated heterocycles. The van der Waals surface area contributed by atoms with Gasteiger partial charge in [0.2, 0.25) is 0 Å². The highest BCUT2D eigenvalue weighted by molar-refractivity contribution is 5.56. The Balaban J connectivity index is 2.28. The normalized spacial score (nSPS) is 24.4. The molecule has 0 radical (unpaired) electrons. The van der Waals surface area contributed by atoms with Crippen molar-refractivity contribution in [1.29, 1.82) is 5.26 Å². The Labute approximate surface area is 100 Å². The molecule has 0 bridgehead atoms. The van der Waals surface area contributed by atoms with E-state index in [4.69, 9.17) is 15.1 Å². The van der Waals surface area contributed by atoms with Crippen LogP contribution >= 0.6 is 0 Å². The van der Waals surface area contributed by atoms with Gasteiger partial charge >= 0.3 is 0 Å². The number of ether oxygens (including phenoxy) is 1. The summed E-state index contributed by atoms with van der Waals surface area (Å²) in [5.41, 5.74) is 1.22. The van der Waals surface area contributed by atoms with Gasteiger partial charge in [0, 0.05) is 18.8 Å². The van der Waals surface area contributed by atoms with Crippen molar-refractivity contribution in [2.75, 3.05) is 24.7 Å². The van der Waals surface area contributed by atoms with Gasteiger partial charge in [0.1, 0.15) is 6.07 Å². The van der Waals surface area contributed by atoms with Crippen LogP contribution in [0.25, 0.3) is 0 Å². The van der Waals surface area contributed by atoms with E-state index in [-0.39, 0.29) is 18.8 Å². The molecule has 5 heteroatoms.